The number of rotatable bonds is 10. The Morgan fingerprint density at radius 1 is 1.13 bits per heavy atom. The molecule has 39 heavy (non-hydrogen) atoms. The number of carbonyl (C=O) groups is 2. The van der Waals surface area contributed by atoms with Crippen LogP contribution in [-0.2, 0) is 0 Å². The van der Waals surface area contributed by atoms with Crippen LogP contribution in [0.25, 0.3) is 6.08 Å². The number of benzene rings is 3. The third kappa shape index (κ3) is 7.11. The molecule has 0 aromatic heterocycles. The van der Waals surface area contributed by atoms with E-state index in [1.54, 1.807) is 55.2 Å². The molecule has 0 fully saturated rings. The van der Waals surface area contributed by atoms with Crippen LogP contribution in [0.5, 0.6) is 5.75 Å². The lowest BCUT2D eigenvalue weighted by Gasteiger charge is -2.21. The maximum Gasteiger partial charge on any atom is 0.258 e. The first-order valence-electron chi connectivity index (χ1n) is 12.3. The van der Waals surface area contributed by atoms with Crippen molar-refractivity contribution in [3.05, 3.63) is 101 Å². The maximum atomic E-state index is 13.7. The zero-order valence-corrected chi connectivity index (χ0v) is 22.7. The van der Waals surface area contributed by atoms with E-state index in [1.807, 2.05) is 13.1 Å². The van der Waals surface area contributed by atoms with Crippen LogP contribution in [0.3, 0.4) is 0 Å². The number of carbonyl (C=O) groups excluding carboxylic acids is 2. The predicted molar refractivity (Wildman–Crippen MR) is 153 cm³/mol. The van der Waals surface area contributed by atoms with E-state index in [2.05, 4.69) is 12.2 Å². The van der Waals surface area contributed by atoms with Gasteiger partial charge in [-0.1, -0.05) is 18.2 Å². The number of nitrogens with zero attached hydrogens (tertiary/aromatic N) is 2. The summed E-state index contributed by atoms with van der Waals surface area (Å²) >= 11 is 1.63. The van der Waals surface area contributed by atoms with E-state index in [-0.39, 0.29) is 29.1 Å². The largest absolute Gasteiger partial charge is 0.487 e. The third-order valence-electron chi connectivity index (χ3n) is 6.29. The zero-order valence-electron chi connectivity index (χ0n) is 21.9. The van der Waals surface area contributed by atoms with Crippen molar-refractivity contribution in [3.8, 4) is 5.75 Å². The molecule has 1 aliphatic rings. The molecule has 1 N–H and O–H groups in total. The van der Waals surface area contributed by atoms with Crippen LogP contribution in [0.1, 0.15) is 39.6 Å². The zero-order chi connectivity index (χ0) is 28.0. The summed E-state index contributed by atoms with van der Waals surface area (Å²) in [6.45, 7) is 2.36. The highest BCUT2D eigenvalue weighted by Crippen LogP contribution is 2.33. The molecule has 3 aromatic rings. The second-order valence-electron chi connectivity index (χ2n) is 9.44. The van der Waals surface area contributed by atoms with E-state index in [1.165, 1.54) is 23.1 Å². The van der Waals surface area contributed by atoms with Crippen LogP contribution in [-0.4, -0.2) is 49.2 Å². The van der Waals surface area contributed by atoms with Crippen molar-refractivity contribution >= 4 is 40.8 Å². The van der Waals surface area contributed by atoms with Crippen LogP contribution in [0, 0.1) is 11.6 Å². The highest BCUT2D eigenvalue weighted by molar-refractivity contribution is 8.14. The number of hydrogen-bond donors (Lipinski definition) is 1. The molecule has 0 aliphatic carbocycles. The molecule has 1 atom stereocenters. The lowest BCUT2D eigenvalue weighted by molar-refractivity contribution is 0.0985. The molecule has 1 heterocycles. The quantitative estimate of drug-likeness (QED) is 0.315. The number of hydrogen-bond acceptors (Lipinski definition) is 6. The van der Waals surface area contributed by atoms with Gasteiger partial charge in [-0.3, -0.25) is 14.6 Å². The Morgan fingerprint density at radius 3 is 2.59 bits per heavy atom. The van der Waals surface area contributed by atoms with Gasteiger partial charge in [0.1, 0.15) is 29.0 Å². The molecule has 1 amide bonds. The molecule has 1 aliphatic heterocycles. The number of aldehydes is 1. The molecule has 0 spiro atoms. The van der Waals surface area contributed by atoms with Crippen LogP contribution >= 0.6 is 11.8 Å². The summed E-state index contributed by atoms with van der Waals surface area (Å²) in [6.07, 6.45) is 3.21. The Morgan fingerprint density at radius 2 is 1.87 bits per heavy atom. The average molecular weight is 550 g/mol. The summed E-state index contributed by atoms with van der Waals surface area (Å²) in [7, 11) is 3.42. The molecule has 0 bridgehead atoms. The van der Waals surface area contributed by atoms with Gasteiger partial charge in [0.05, 0.1) is 11.1 Å². The number of halogens is 2. The molecule has 0 saturated carbocycles. The van der Waals surface area contributed by atoms with Gasteiger partial charge in [-0.2, -0.15) is 0 Å². The van der Waals surface area contributed by atoms with Gasteiger partial charge in [0.15, 0.2) is 6.29 Å². The number of nitrogens with one attached hydrogen (secondary N) is 1. The molecule has 202 valence electrons. The molecule has 9 heteroatoms. The first-order chi connectivity index (χ1) is 18.7. The monoisotopic (exact) mass is 549 g/mol. The molecule has 0 saturated heterocycles. The van der Waals surface area contributed by atoms with Crippen LogP contribution in [0.4, 0.5) is 14.5 Å². The van der Waals surface area contributed by atoms with E-state index < -0.39 is 11.7 Å². The Hall–Kier alpha value is -3.98. The second kappa shape index (κ2) is 12.3. The number of aliphatic imine (C=N–C) groups is 1. The summed E-state index contributed by atoms with van der Waals surface area (Å²) in [5.41, 5.74) is 2.22. The highest BCUT2D eigenvalue weighted by Gasteiger charge is 2.31. The fraction of sp³-hybridized carbons (Fsp3) is 0.233. The van der Waals surface area contributed by atoms with Crippen molar-refractivity contribution in [1.82, 2.24) is 5.32 Å². The van der Waals surface area contributed by atoms with Crippen LogP contribution in [0.15, 0.2) is 77.4 Å². The fourth-order valence-corrected chi connectivity index (χ4v) is 5.26. The maximum absolute atomic E-state index is 13.7. The summed E-state index contributed by atoms with van der Waals surface area (Å²) < 4.78 is 33.0. The van der Waals surface area contributed by atoms with Crippen LogP contribution in [0.2, 0.25) is 0 Å². The third-order valence-corrected chi connectivity index (χ3v) is 7.60. The number of anilines is 1. The summed E-state index contributed by atoms with van der Waals surface area (Å²) in [6, 6.07) is 16.8. The topological polar surface area (TPSA) is 71.0 Å². The Balaban J connectivity index is 1.41. The smallest absolute Gasteiger partial charge is 0.258 e. The van der Waals surface area contributed by atoms with Crippen molar-refractivity contribution in [2.75, 3.05) is 31.4 Å². The van der Waals surface area contributed by atoms with E-state index >= 15 is 0 Å². The van der Waals surface area contributed by atoms with Gasteiger partial charge in [0.25, 0.3) is 5.91 Å². The van der Waals surface area contributed by atoms with Crippen molar-refractivity contribution in [2.24, 2.45) is 4.99 Å². The van der Waals surface area contributed by atoms with Gasteiger partial charge in [-0.15, -0.1) is 11.8 Å². The van der Waals surface area contributed by atoms with Crippen molar-refractivity contribution in [3.63, 3.8) is 0 Å². The minimum atomic E-state index is -0.593. The standard InChI is InChI=1S/C30H29F2N3O3S/c1-30(16-24(33-2)13-20-7-10-22(31)11-8-20)19-39-28(34-30)18-38-26-6-4-5-25(15-26)35(3)29(37)27-14-23(32)12-9-21(27)17-36/h4-15,17,33H,16,18-19H2,1-3H3/b24-13-. The summed E-state index contributed by atoms with van der Waals surface area (Å²) in [4.78, 5) is 30.6. The molecular weight excluding hydrogens is 520 g/mol. The molecule has 3 aromatic carbocycles. The number of ether oxygens (including phenoxy) is 1. The molecule has 0 radical (unpaired) electrons. The van der Waals surface area contributed by atoms with Gasteiger partial charge >= 0.3 is 0 Å². The first-order valence-corrected chi connectivity index (χ1v) is 13.3. The summed E-state index contributed by atoms with van der Waals surface area (Å²) in [5.74, 6) is -0.0312. The molecule has 4 rings (SSSR count). The van der Waals surface area contributed by atoms with Gasteiger partial charge in [0, 0.05) is 49.3 Å². The predicted octanol–water partition coefficient (Wildman–Crippen LogP) is 5.99. The van der Waals surface area contributed by atoms with Crippen LogP contribution < -0.4 is 15.0 Å². The first kappa shape index (κ1) is 28.0. The fourth-order valence-electron chi connectivity index (χ4n) is 4.19. The minimum absolute atomic E-state index is 0.00997. The SMILES string of the molecule is CN/C(=C\c1ccc(F)cc1)CC1(C)CSC(COc2cccc(N(C)C(=O)c3cc(F)ccc3C=O)c2)=N1. The normalized spacial score (nSPS) is 16.9. The number of thioether (sulfide) groups is 1. The van der Waals surface area contributed by atoms with Gasteiger partial charge in [0.2, 0.25) is 0 Å². The molecule has 1 unspecified atom stereocenters. The Kier molecular flexibility index (Phi) is 8.81. The van der Waals surface area contributed by atoms with Gasteiger partial charge in [-0.05, 0) is 61.0 Å². The van der Waals surface area contributed by atoms with E-state index in [0.29, 0.717) is 24.1 Å². The van der Waals surface area contributed by atoms with Gasteiger partial charge < -0.3 is 15.0 Å². The van der Waals surface area contributed by atoms with E-state index in [9.17, 15) is 18.4 Å². The average Bonchev–Trinajstić information content (AvgIpc) is 3.32. The molecular formula is C30H29F2N3O3S. The minimum Gasteiger partial charge on any atom is -0.487 e. The van der Waals surface area contributed by atoms with Gasteiger partial charge in [-0.25, -0.2) is 8.78 Å². The Labute approximate surface area is 230 Å². The number of amides is 1. The lowest BCUT2D eigenvalue weighted by atomic mass is 9.98. The van der Waals surface area contributed by atoms with Crippen molar-refractivity contribution in [1.29, 1.82) is 0 Å². The second-order valence-corrected chi connectivity index (χ2v) is 10.5. The molecule has 6 nitrogen and oxygen atoms in total. The van der Waals surface area contributed by atoms with E-state index in [0.717, 1.165) is 34.2 Å². The Bertz CT molecular complexity index is 1430. The van der Waals surface area contributed by atoms with Crippen molar-refractivity contribution < 1.29 is 23.1 Å². The lowest BCUT2D eigenvalue weighted by Crippen LogP contribution is -2.27. The summed E-state index contributed by atoms with van der Waals surface area (Å²) in [5, 5.41) is 4.08. The van der Waals surface area contributed by atoms with E-state index in [4.69, 9.17) is 9.73 Å². The highest BCUT2D eigenvalue weighted by atomic mass is 32.2. The van der Waals surface area contributed by atoms with Crippen molar-refractivity contribution in [2.45, 2.75) is 18.9 Å².